The summed E-state index contributed by atoms with van der Waals surface area (Å²) in [5.74, 6) is -0.285. The van der Waals surface area contributed by atoms with E-state index in [1.54, 1.807) is 12.1 Å². The third-order valence-electron chi connectivity index (χ3n) is 2.47. The number of aryl methyl sites for hydroxylation is 1. The molecule has 0 saturated heterocycles. The average Bonchev–Trinajstić information content (AvgIpc) is 2.37. The summed E-state index contributed by atoms with van der Waals surface area (Å²) in [6.45, 7) is 0.439. The van der Waals surface area contributed by atoms with Gasteiger partial charge < -0.3 is 5.32 Å². The summed E-state index contributed by atoms with van der Waals surface area (Å²) in [4.78, 5) is 11.5. The first-order valence-electron chi connectivity index (χ1n) is 5.28. The smallest absolute Gasteiger partial charge is 0.287 e. The van der Waals surface area contributed by atoms with E-state index in [1.165, 1.54) is 25.4 Å². The average molecular weight is 268 g/mol. The van der Waals surface area contributed by atoms with Crippen LogP contribution in [0.25, 0.3) is 0 Å². The lowest BCUT2D eigenvalue weighted by molar-refractivity contribution is 0.627. The van der Waals surface area contributed by atoms with Gasteiger partial charge in [-0.3, -0.25) is 4.79 Å². The fourth-order valence-corrected chi connectivity index (χ4v) is 1.67. The molecule has 0 radical (unpaired) electrons. The molecule has 0 aliphatic rings. The number of benzene rings is 1. The van der Waals surface area contributed by atoms with Crippen molar-refractivity contribution in [2.75, 3.05) is 5.32 Å². The lowest BCUT2D eigenvalue weighted by Gasteiger charge is -2.08. The SMILES string of the molecule is Cn1ncc(NCc2ccc(F)cc2)c(Cl)c1=O. The van der Waals surface area contributed by atoms with Crippen LogP contribution in [0.2, 0.25) is 5.02 Å². The van der Waals surface area contributed by atoms with Gasteiger partial charge in [0, 0.05) is 13.6 Å². The van der Waals surface area contributed by atoms with Gasteiger partial charge in [-0.1, -0.05) is 23.7 Å². The van der Waals surface area contributed by atoms with E-state index in [2.05, 4.69) is 10.4 Å². The van der Waals surface area contributed by atoms with E-state index in [1.807, 2.05) is 0 Å². The molecule has 18 heavy (non-hydrogen) atoms. The zero-order chi connectivity index (χ0) is 13.1. The molecule has 94 valence electrons. The van der Waals surface area contributed by atoms with Gasteiger partial charge >= 0.3 is 0 Å². The summed E-state index contributed by atoms with van der Waals surface area (Å²) >= 11 is 5.89. The molecule has 6 heteroatoms. The maximum atomic E-state index is 12.7. The number of rotatable bonds is 3. The van der Waals surface area contributed by atoms with E-state index in [0.717, 1.165) is 10.2 Å². The molecule has 0 aliphatic carbocycles. The molecule has 0 atom stereocenters. The second kappa shape index (κ2) is 5.18. The lowest BCUT2D eigenvalue weighted by Crippen LogP contribution is -2.21. The van der Waals surface area contributed by atoms with Crippen LogP contribution < -0.4 is 10.9 Å². The van der Waals surface area contributed by atoms with Crippen LogP contribution >= 0.6 is 11.6 Å². The first-order chi connectivity index (χ1) is 8.58. The largest absolute Gasteiger partial charge is 0.378 e. The molecule has 0 fully saturated rings. The van der Waals surface area contributed by atoms with Crippen molar-refractivity contribution in [3.05, 3.63) is 57.2 Å². The van der Waals surface area contributed by atoms with Gasteiger partial charge in [-0.05, 0) is 17.7 Å². The molecular formula is C12H11ClFN3O. The maximum Gasteiger partial charge on any atom is 0.287 e. The third kappa shape index (κ3) is 2.68. The summed E-state index contributed by atoms with van der Waals surface area (Å²) < 4.78 is 13.9. The molecule has 1 heterocycles. The molecule has 0 aliphatic heterocycles. The van der Waals surface area contributed by atoms with Crippen molar-refractivity contribution in [2.45, 2.75) is 6.54 Å². The van der Waals surface area contributed by atoms with Crippen molar-refractivity contribution in [2.24, 2.45) is 7.05 Å². The van der Waals surface area contributed by atoms with Crippen molar-refractivity contribution in [3.63, 3.8) is 0 Å². The Labute approximate surface area is 108 Å². The second-order valence-electron chi connectivity index (χ2n) is 3.78. The summed E-state index contributed by atoms with van der Waals surface area (Å²) in [7, 11) is 1.53. The minimum absolute atomic E-state index is 0.0922. The van der Waals surface area contributed by atoms with Crippen molar-refractivity contribution in [3.8, 4) is 0 Å². The third-order valence-corrected chi connectivity index (χ3v) is 2.84. The highest BCUT2D eigenvalue weighted by atomic mass is 35.5. The van der Waals surface area contributed by atoms with Gasteiger partial charge in [0.05, 0.1) is 11.9 Å². The highest BCUT2D eigenvalue weighted by Crippen LogP contribution is 2.16. The zero-order valence-electron chi connectivity index (χ0n) is 9.65. The Hall–Kier alpha value is -1.88. The Balaban J connectivity index is 2.13. The maximum absolute atomic E-state index is 12.7. The number of aromatic nitrogens is 2. The summed E-state index contributed by atoms with van der Waals surface area (Å²) in [6.07, 6.45) is 1.48. The molecule has 0 bridgehead atoms. The van der Waals surface area contributed by atoms with Crippen LogP contribution in [0.15, 0.2) is 35.3 Å². The Kier molecular flexibility index (Phi) is 3.62. The van der Waals surface area contributed by atoms with Crippen molar-refractivity contribution < 1.29 is 4.39 Å². The quantitative estimate of drug-likeness (QED) is 0.927. The molecule has 4 nitrogen and oxygen atoms in total. The van der Waals surface area contributed by atoms with Gasteiger partial charge in [-0.2, -0.15) is 5.10 Å². The van der Waals surface area contributed by atoms with E-state index >= 15 is 0 Å². The number of halogens is 2. The van der Waals surface area contributed by atoms with Crippen LogP contribution in [0.4, 0.5) is 10.1 Å². The predicted octanol–water partition coefficient (Wildman–Crippen LogP) is 2.18. The van der Waals surface area contributed by atoms with E-state index in [0.29, 0.717) is 12.2 Å². The number of hydrogen-bond donors (Lipinski definition) is 1. The Bertz CT molecular complexity index is 610. The first kappa shape index (κ1) is 12.6. The molecule has 1 N–H and O–H groups in total. The van der Waals surface area contributed by atoms with Crippen molar-refractivity contribution >= 4 is 17.3 Å². The Morgan fingerprint density at radius 3 is 2.72 bits per heavy atom. The van der Waals surface area contributed by atoms with Crippen LogP contribution in [-0.2, 0) is 13.6 Å². The molecule has 1 aromatic carbocycles. The fourth-order valence-electron chi connectivity index (χ4n) is 1.43. The lowest BCUT2D eigenvalue weighted by atomic mass is 10.2. The van der Waals surface area contributed by atoms with E-state index in [-0.39, 0.29) is 16.4 Å². The molecule has 2 rings (SSSR count). The predicted molar refractivity (Wildman–Crippen MR) is 68.2 cm³/mol. The Morgan fingerprint density at radius 2 is 2.06 bits per heavy atom. The monoisotopic (exact) mass is 267 g/mol. The molecule has 2 aromatic rings. The summed E-state index contributed by atoms with van der Waals surface area (Å²) in [5, 5.41) is 6.94. The fraction of sp³-hybridized carbons (Fsp3) is 0.167. The van der Waals surface area contributed by atoms with Crippen molar-refractivity contribution in [1.29, 1.82) is 0 Å². The minimum Gasteiger partial charge on any atom is -0.378 e. The Morgan fingerprint density at radius 1 is 1.39 bits per heavy atom. The number of hydrogen-bond acceptors (Lipinski definition) is 3. The van der Waals surface area contributed by atoms with Crippen molar-refractivity contribution in [1.82, 2.24) is 9.78 Å². The van der Waals surface area contributed by atoms with E-state index in [4.69, 9.17) is 11.6 Å². The molecular weight excluding hydrogens is 257 g/mol. The highest BCUT2D eigenvalue weighted by Gasteiger charge is 2.06. The van der Waals surface area contributed by atoms with E-state index in [9.17, 15) is 9.18 Å². The van der Waals surface area contributed by atoms with Crippen LogP contribution in [0.1, 0.15) is 5.56 Å². The number of anilines is 1. The minimum atomic E-state index is -0.360. The zero-order valence-corrected chi connectivity index (χ0v) is 10.4. The van der Waals surface area contributed by atoms with Gasteiger partial charge in [0.2, 0.25) is 0 Å². The van der Waals surface area contributed by atoms with Gasteiger partial charge in [-0.15, -0.1) is 0 Å². The van der Waals surface area contributed by atoms with Crippen LogP contribution in [0.5, 0.6) is 0 Å². The van der Waals surface area contributed by atoms with Crippen LogP contribution in [0, 0.1) is 5.82 Å². The molecule has 1 aromatic heterocycles. The normalized spacial score (nSPS) is 10.4. The molecule has 0 unspecified atom stereocenters. The summed E-state index contributed by atoms with van der Waals surface area (Å²) in [5.41, 5.74) is 0.984. The molecule has 0 spiro atoms. The number of nitrogens with one attached hydrogen (secondary N) is 1. The number of nitrogens with zero attached hydrogens (tertiary/aromatic N) is 2. The first-order valence-corrected chi connectivity index (χ1v) is 5.66. The second-order valence-corrected chi connectivity index (χ2v) is 4.16. The summed E-state index contributed by atoms with van der Waals surface area (Å²) in [6, 6.07) is 6.07. The van der Waals surface area contributed by atoms with E-state index < -0.39 is 0 Å². The topological polar surface area (TPSA) is 46.9 Å². The van der Waals surface area contributed by atoms with Gasteiger partial charge in [-0.25, -0.2) is 9.07 Å². The van der Waals surface area contributed by atoms with Crippen LogP contribution in [0.3, 0.4) is 0 Å². The molecule has 0 amide bonds. The standard InChI is InChI=1S/C12H11ClFN3O/c1-17-12(18)11(13)10(7-16-17)15-6-8-2-4-9(14)5-3-8/h2-5,7,15H,6H2,1H3. The molecule has 0 saturated carbocycles. The van der Waals surface area contributed by atoms with Gasteiger partial charge in [0.1, 0.15) is 10.8 Å². The van der Waals surface area contributed by atoms with Gasteiger partial charge in [0.15, 0.2) is 0 Å². The van der Waals surface area contributed by atoms with Crippen LogP contribution in [-0.4, -0.2) is 9.78 Å². The highest BCUT2D eigenvalue weighted by molar-refractivity contribution is 6.32. The van der Waals surface area contributed by atoms with Gasteiger partial charge in [0.25, 0.3) is 5.56 Å².